The Hall–Kier alpha value is -1.94. The molecule has 2 aliphatic heterocycles. The second-order valence-corrected chi connectivity index (χ2v) is 10.9. The van der Waals surface area contributed by atoms with Crippen LogP contribution in [0.4, 0.5) is 11.6 Å². The minimum Gasteiger partial charge on any atom is -0.353 e. The average Bonchev–Trinajstić information content (AvgIpc) is 3.58. The summed E-state index contributed by atoms with van der Waals surface area (Å²) in [6.07, 6.45) is 4.94. The van der Waals surface area contributed by atoms with E-state index in [1.54, 1.807) is 11.8 Å². The first-order valence-corrected chi connectivity index (χ1v) is 13.0. The smallest absolute Gasteiger partial charge is 0.189 e. The van der Waals surface area contributed by atoms with Gasteiger partial charge in [-0.3, -0.25) is 0 Å². The summed E-state index contributed by atoms with van der Waals surface area (Å²) >= 11 is 1.59. The number of piperazine rings is 1. The lowest BCUT2D eigenvalue weighted by atomic mass is 10.2. The van der Waals surface area contributed by atoms with Gasteiger partial charge in [-0.1, -0.05) is 11.8 Å². The maximum atomic E-state index is 12.0. The molecule has 4 heterocycles. The van der Waals surface area contributed by atoms with Crippen LogP contribution >= 0.6 is 11.8 Å². The predicted octanol–water partition coefficient (Wildman–Crippen LogP) is 1.66. The quantitative estimate of drug-likeness (QED) is 0.528. The number of hydrogen-bond donors (Lipinski definition) is 0. The normalized spacial score (nSPS) is 21.1. The Morgan fingerprint density at radius 2 is 1.72 bits per heavy atom. The lowest BCUT2D eigenvalue weighted by Gasteiger charge is -2.36. The van der Waals surface area contributed by atoms with Crippen molar-refractivity contribution < 1.29 is 8.42 Å². The molecule has 2 aromatic rings. The number of thioether (sulfide) groups is 1. The highest BCUT2D eigenvalue weighted by Gasteiger charge is 2.28. The Kier molecular flexibility index (Phi) is 4.85. The zero-order valence-corrected chi connectivity index (χ0v) is 18.0. The molecule has 0 spiro atoms. The summed E-state index contributed by atoms with van der Waals surface area (Å²) in [6.45, 7) is 3.28. The summed E-state index contributed by atoms with van der Waals surface area (Å²) < 4.78 is 23.9. The molecule has 2 aromatic heterocycles. The van der Waals surface area contributed by atoms with Crippen molar-refractivity contribution >= 4 is 33.2 Å². The fraction of sp³-hybridized carbons (Fsp3) is 0.579. The van der Waals surface area contributed by atoms with E-state index in [2.05, 4.69) is 31.0 Å². The van der Waals surface area contributed by atoms with Crippen molar-refractivity contribution in [3.63, 3.8) is 0 Å². The fourth-order valence-electron chi connectivity index (χ4n) is 3.93. The van der Waals surface area contributed by atoms with E-state index in [1.165, 1.54) is 18.5 Å². The third-order valence-corrected chi connectivity index (χ3v) is 7.91. The summed E-state index contributed by atoms with van der Waals surface area (Å²) in [7, 11) is -3.01. The number of fused-ring (bicyclic) bond motifs is 1. The van der Waals surface area contributed by atoms with E-state index in [0.717, 1.165) is 54.2 Å². The SMILES string of the molecule is CSc1nc(C2CC2)cc(N2CCN(c3cc4c(nn3)CCS(=O)(=O)C4)CC2)n1. The standard InChI is InChI=1S/C19H24N6O2S2/c1-28-19-20-16(13-2-3-13)11-17(21-19)24-5-7-25(8-6-24)18-10-14-12-29(26,27)9-4-15(14)22-23-18/h10-11,13H,2-9,12H2,1H3. The molecule has 154 valence electrons. The van der Waals surface area contributed by atoms with E-state index in [-0.39, 0.29) is 11.5 Å². The number of anilines is 2. The van der Waals surface area contributed by atoms with Crippen LogP contribution in [0.15, 0.2) is 17.3 Å². The van der Waals surface area contributed by atoms with Gasteiger partial charge in [-0.05, 0) is 30.7 Å². The van der Waals surface area contributed by atoms with Gasteiger partial charge >= 0.3 is 0 Å². The van der Waals surface area contributed by atoms with E-state index < -0.39 is 9.84 Å². The van der Waals surface area contributed by atoms with E-state index in [0.29, 0.717) is 12.3 Å². The maximum absolute atomic E-state index is 12.0. The fourth-order valence-corrected chi connectivity index (χ4v) is 5.69. The molecule has 0 aromatic carbocycles. The van der Waals surface area contributed by atoms with E-state index in [9.17, 15) is 8.42 Å². The van der Waals surface area contributed by atoms with Crippen LogP contribution in [-0.2, 0) is 22.0 Å². The number of aryl methyl sites for hydroxylation is 1. The highest BCUT2D eigenvalue weighted by Crippen LogP contribution is 2.40. The van der Waals surface area contributed by atoms with Crippen molar-refractivity contribution in [1.82, 2.24) is 20.2 Å². The molecule has 10 heteroatoms. The van der Waals surface area contributed by atoms with Gasteiger partial charge in [0.05, 0.1) is 22.9 Å². The lowest BCUT2D eigenvalue weighted by molar-refractivity contribution is 0.589. The van der Waals surface area contributed by atoms with Crippen LogP contribution in [0.25, 0.3) is 0 Å². The van der Waals surface area contributed by atoms with Gasteiger partial charge in [0.25, 0.3) is 0 Å². The molecule has 1 saturated heterocycles. The van der Waals surface area contributed by atoms with Gasteiger partial charge in [0.1, 0.15) is 5.82 Å². The first-order valence-electron chi connectivity index (χ1n) is 9.99. The van der Waals surface area contributed by atoms with Gasteiger partial charge in [-0.25, -0.2) is 18.4 Å². The van der Waals surface area contributed by atoms with E-state index >= 15 is 0 Å². The van der Waals surface area contributed by atoms with Crippen LogP contribution in [0, 0.1) is 0 Å². The van der Waals surface area contributed by atoms with Crippen molar-refractivity contribution in [1.29, 1.82) is 0 Å². The second-order valence-electron chi connectivity index (χ2n) is 7.90. The molecule has 0 N–H and O–H groups in total. The Balaban J connectivity index is 1.30. The molecular formula is C19H24N6O2S2. The molecule has 2 fully saturated rings. The van der Waals surface area contributed by atoms with Crippen LogP contribution in [0.3, 0.4) is 0 Å². The minimum absolute atomic E-state index is 0.0765. The molecule has 3 aliphatic rings. The third-order valence-electron chi connectivity index (χ3n) is 5.79. The zero-order chi connectivity index (χ0) is 20.0. The zero-order valence-electron chi connectivity index (χ0n) is 16.4. The number of aromatic nitrogens is 4. The Morgan fingerprint density at radius 3 is 2.41 bits per heavy atom. The monoisotopic (exact) mass is 432 g/mol. The Bertz CT molecular complexity index is 1030. The summed E-state index contributed by atoms with van der Waals surface area (Å²) in [6, 6.07) is 4.06. The number of sulfone groups is 1. The third kappa shape index (κ3) is 4.05. The largest absolute Gasteiger partial charge is 0.353 e. The molecule has 5 rings (SSSR count). The van der Waals surface area contributed by atoms with Crippen molar-refractivity contribution in [2.75, 3.05) is 48.0 Å². The summed E-state index contributed by atoms with van der Waals surface area (Å²) in [5.74, 6) is 2.63. The van der Waals surface area contributed by atoms with Gasteiger partial charge < -0.3 is 9.80 Å². The summed E-state index contributed by atoms with van der Waals surface area (Å²) in [5.41, 5.74) is 2.79. The van der Waals surface area contributed by atoms with Crippen molar-refractivity contribution in [2.45, 2.75) is 36.1 Å². The Morgan fingerprint density at radius 1 is 1.00 bits per heavy atom. The molecule has 0 bridgehead atoms. The van der Waals surface area contributed by atoms with Crippen LogP contribution in [0.5, 0.6) is 0 Å². The van der Waals surface area contributed by atoms with Crippen molar-refractivity contribution in [3.05, 3.63) is 29.1 Å². The van der Waals surface area contributed by atoms with E-state index in [4.69, 9.17) is 4.98 Å². The van der Waals surface area contributed by atoms with Crippen LogP contribution in [-0.4, -0.2) is 66.8 Å². The van der Waals surface area contributed by atoms with Crippen molar-refractivity contribution in [3.8, 4) is 0 Å². The summed E-state index contributed by atoms with van der Waals surface area (Å²) in [4.78, 5) is 13.9. The van der Waals surface area contributed by atoms with Crippen LogP contribution in [0.1, 0.15) is 35.7 Å². The number of nitrogens with zero attached hydrogens (tertiary/aromatic N) is 6. The van der Waals surface area contributed by atoms with Crippen LogP contribution in [0.2, 0.25) is 0 Å². The van der Waals surface area contributed by atoms with E-state index in [1.807, 2.05) is 12.3 Å². The first kappa shape index (κ1) is 19.0. The molecule has 0 atom stereocenters. The Labute approximate surface area is 175 Å². The number of rotatable bonds is 4. The highest BCUT2D eigenvalue weighted by molar-refractivity contribution is 7.98. The summed E-state index contributed by atoms with van der Waals surface area (Å²) in [5, 5.41) is 9.51. The van der Waals surface area contributed by atoms with Gasteiger partial charge in [-0.15, -0.1) is 5.10 Å². The maximum Gasteiger partial charge on any atom is 0.189 e. The van der Waals surface area contributed by atoms with Crippen molar-refractivity contribution in [2.24, 2.45) is 0 Å². The predicted molar refractivity (Wildman–Crippen MR) is 113 cm³/mol. The van der Waals surface area contributed by atoms with Crippen LogP contribution < -0.4 is 9.80 Å². The molecule has 1 saturated carbocycles. The molecular weight excluding hydrogens is 408 g/mol. The molecule has 0 unspecified atom stereocenters. The van der Waals surface area contributed by atoms with Gasteiger partial charge in [-0.2, -0.15) is 5.10 Å². The topological polar surface area (TPSA) is 92.2 Å². The van der Waals surface area contributed by atoms with Gasteiger partial charge in [0, 0.05) is 44.6 Å². The molecule has 0 amide bonds. The molecule has 0 radical (unpaired) electrons. The molecule has 29 heavy (non-hydrogen) atoms. The minimum atomic E-state index is -3.01. The van der Waals surface area contributed by atoms with Gasteiger partial charge in [0.2, 0.25) is 0 Å². The number of hydrogen-bond acceptors (Lipinski definition) is 9. The lowest BCUT2D eigenvalue weighted by Crippen LogP contribution is -2.47. The highest BCUT2D eigenvalue weighted by atomic mass is 32.2. The second kappa shape index (κ2) is 7.39. The average molecular weight is 433 g/mol. The molecule has 1 aliphatic carbocycles. The first-order chi connectivity index (χ1) is 14.0. The molecule has 8 nitrogen and oxygen atoms in total. The van der Waals surface area contributed by atoms with Gasteiger partial charge in [0.15, 0.2) is 20.8 Å².